The van der Waals surface area contributed by atoms with Crippen molar-refractivity contribution in [2.45, 2.75) is 19.9 Å². The predicted octanol–water partition coefficient (Wildman–Crippen LogP) is 2.55. The van der Waals surface area contributed by atoms with Crippen LogP contribution in [0.25, 0.3) is 0 Å². The van der Waals surface area contributed by atoms with Crippen LogP contribution >= 0.6 is 11.6 Å². The molecule has 0 amide bonds. The van der Waals surface area contributed by atoms with Gasteiger partial charge in [-0.25, -0.2) is 13.1 Å². The fraction of sp³-hybridized carbons (Fsp3) is 0.538. The molecule has 0 aromatic heterocycles. The Balaban J connectivity index is 2.75. The summed E-state index contributed by atoms with van der Waals surface area (Å²) in [6.45, 7) is 3.61. The van der Waals surface area contributed by atoms with Crippen LogP contribution in [0.5, 0.6) is 5.75 Å². The molecule has 0 saturated heterocycles. The van der Waals surface area contributed by atoms with Crippen LogP contribution in [0.15, 0.2) is 24.3 Å². The van der Waals surface area contributed by atoms with Crippen molar-refractivity contribution in [3.05, 3.63) is 29.8 Å². The Hall–Kier alpha value is -0.780. The summed E-state index contributed by atoms with van der Waals surface area (Å²) in [5.74, 6) is 0.994. The van der Waals surface area contributed by atoms with E-state index in [4.69, 9.17) is 16.3 Å². The van der Waals surface area contributed by atoms with Crippen molar-refractivity contribution in [3.63, 3.8) is 0 Å². The van der Waals surface area contributed by atoms with Crippen molar-refractivity contribution in [1.29, 1.82) is 0 Å². The summed E-state index contributed by atoms with van der Waals surface area (Å²) >= 11 is 5.64. The summed E-state index contributed by atoms with van der Waals surface area (Å²) in [7, 11) is -1.76. The molecule has 19 heavy (non-hydrogen) atoms. The predicted molar refractivity (Wildman–Crippen MR) is 78.2 cm³/mol. The Bertz CT molecular complexity index is 504. The molecule has 0 saturated carbocycles. The van der Waals surface area contributed by atoms with Crippen molar-refractivity contribution in [3.8, 4) is 5.75 Å². The van der Waals surface area contributed by atoms with Crippen molar-refractivity contribution in [2.75, 3.05) is 18.7 Å². The summed E-state index contributed by atoms with van der Waals surface area (Å²) in [5.41, 5.74) is 0.862. The van der Waals surface area contributed by atoms with Crippen molar-refractivity contribution >= 4 is 21.6 Å². The first kappa shape index (κ1) is 16.3. The SMILES string of the molecule is COc1cccc(C(C)NS(=O)(=O)CC(C)CCl)c1. The molecule has 0 aliphatic carbocycles. The maximum Gasteiger partial charge on any atom is 0.212 e. The number of halogens is 1. The Morgan fingerprint density at radius 3 is 2.63 bits per heavy atom. The summed E-state index contributed by atoms with van der Waals surface area (Å²) in [6.07, 6.45) is 0. The van der Waals surface area contributed by atoms with Gasteiger partial charge in [0.15, 0.2) is 0 Å². The molecule has 0 fully saturated rings. The van der Waals surface area contributed by atoms with Crippen LogP contribution in [0.2, 0.25) is 0 Å². The number of benzene rings is 1. The Morgan fingerprint density at radius 1 is 1.37 bits per heavy atom. The van der Waals surface area contributed by atoms with E-state index in [-0.39, 0.29) is 17.7 Å². The van der Waals surface area contributed by atoms with Gasteiger partial charge in [0.2, 0.25) is 10.0 Å². The molecule has 1 aromatic rings. The van der Waals surface area contributed by atoms with Crippen LogP contribution < -0.4 is 9.46 Å². The second-order valence-electron chi connectivity index (χ2n) is 4.66. The third kappa shape index (κ3) is 5.38. The lowest BCUT2D eigenvalue weighted by molar-refractivity contribution is 0.413. The second-order valence-corrected chi connectivity index (χ2v) is 6.76. The lowest BCUT2D eigenvalue weighted by Crippen LogP contribution is -2.31. The maximum absolute atomic E-state index is 11.9. The molecular weight excluding hydrogens is 286 g/mol. The first-order chi connectivity index (χ1) is 8.88. The van der Waals surface area contributed by atoms with E-state index in [2.05, 4.69) is 4.72 Å². The smallest absolute Gasteiger partial charge is 0.212 e. The van der Waals surface area contributed by atoms with Crippen LogP contribution in [0, 0.1) is 5.92 Å². The summed E-state index contributed by atoms with van der Waals surface area (Å²) in [4.78, 5) is 0. The van der Waals surface area contributed by atoms with Crippen LogP contribution in [0.1, 0.15) is 25.5 Å². The van der Waals surface area contributed by atoms with Gasteiger partial charge < -0.3 is 4.74 Å². The van der Waals surface area contributed by atoms with Crippen LogP contribution in [-0.4, -0.2) is 27.2 Å². The van der Waals surface area contributed by atoms with E-state index in [9.17, 15) is 8.42 Å². The van der Waals surface area contributed by atoms with Gasteiger partial charge in [0, 0.05) is 11.9 Å². The van der Waals surface area contributed by atoms with E-state index in [0.29, 0.717) is 11.6 Å². The highest BCUT2D eigenvalue weighted by Gasteiger charge is 2.18. The molecule has 1 aromatic carbocycles. The Kier molecular flexibility index (Phi) is 6.10. The molecule has 0 radical (unpaired) electrons. The minimum Gasteiger partial charge on any atom is -0.497 e. The fourth-order valence-corrected chi connectivity index (χ4v) is 3.59. The normalized spacial score (nSPS) is 14.9. The number of sulfonamides is 1. The number of methoxy groups -OCH3 is 1. The molecule has 2 unspecified atom stereocenters. The number of hydrogen-bond donors (Lipinski definition) is 1. The quantitative estimate of drug-likeness (QED) is 0.788. The fourth-order valence-electron chi connectivity index (χ4n) is 1.72. The standard InChI is InChI=1S/C13H20ClNO3S/c1-10(8-14)9-19(16,17)15-11(2)12-5-4-6-13(7-12)18-3/h4-7,10-11,15H,8-9H2,1-3H3. The lowest BCUT2D eigenvalue weighted by Gasteiger charge is -2.16. The van der Waals surface area contributed by atoms with Crippen molar-refractivity contribution < 1.29 is 13.2 Å². The zero-order chi connectivity index (χ0) is 14.5. The van der Waals surface area contributed by atoms with E-state index in [1.807, 2.05) is 31.2 Å². The highest BCUT2D eigenvalue weighted by molar-refractivity contribution is 7.89. The van der Waals surface area contributed by atoms with Gasteiger partial charge in [-0.2, -0.15) is 0 Å². The number of hydrogen-bond acceptors (Lipinski definition) is 3. The van der Waals surface area contributed by atoms with Crippen molar-refractivity contribution in [2.24, 2.45) is 5.92 Å². The van der Waals surface area contributed by atoms with Gasteiger partial charge in [-0.3, -0.25) is 0 Å². The highest BCUT2D eigenvalue weighted by atomic mass is 35.5. The molecule has 2 atom stereocenters. The molecule has 6 heteroatoms. The summed E-state index contributed by atoms with van der Waals surface area (Å²) in [5, 5.41) is 0. The Morgan fingerprint density at radius 2 is 2.05 bits per heavy atom. The van der Waals surface area contributed by atoms with Gasteiger partial charge in [0.05, 0.1) is 12.9 Å². The topological polar surface area (TPSA) is 55.4 Å². The summed E-state index contributed by atoms with van der Waals surface area (Å²) < 4.78 is 31.6. The van der Waals surface area contributed by atoms with Gasteiger partial charge in [-0.15, -0.1) is 11.6 Å². The van der Waals surface area contributed by atoms with Crippen LogP contribution in [0.4, 0.5) is 0 Å². The number of ether oxygens (including phenoxy) is 1. The molecule has 1 N–H and O–H groups in total. The molecule has 0 bridgehead atoms. The molecule has 0 aliphatic heterocycles. The minimum absolute atomic E-state index is 0.0325. The number of alkyl halides is 1. The van der Waals surface area contributed by atoms with Crippen LogP contribution in [-0.2, 0) is 10.0 Å². The molecule has 0 spiro atoms. The number of nitrogens with one attached hydrogen (secondary N) is 1. The van der Waals surface area contributed by atoms with E-state index < -0.39 is 10.0 Å². The lowest BCUT2D eigenvalue weighted by atomic mass is 10.1. The maximum atomic E-state index is 11.9. The van der Waals surface area contributed by atoms with Gasteiger partial charge in [-0.1, -0.05) is 19.1 Å². The zero-order valence-electron chi connectivity index (χ0n) is 11.4. The molecule has 0 aliphatic rings. The molecule has 108 valence electrons. The van der Waals surface area contributed by atoms with Gasteiger partial charge in [-0.05, 0) is 30.5 Å². The monoisotopic (exact) mass is 305 g/mol. The third-order valence-corrected chi connectivity index (χ3v) is 4.96. The van der Waals surface area contributed by atoms with E-state index in [1.54, 1.807) is 14.0 Å². The average molecular weight is 306 g/mol. The van der Waals surface area contributed by atoms with E-state index in [1.165, 1.54) is 0 Å². The van der Waals surface area contributed by atoms with E-state index >= 15 is 0 Å². The first-order valence-corrected chi connectivity index (χ1v) is 8.26. The van der Waals surface area contributed by atoms with Crippen molar-refractivity contribution in [1.82, 2.24) is 4.72 Å². The molecule has 4 nitrogen and oxygen atoms in total. The first-order valence-electron chi connectivity index (χ1n) is 6.08. The summed E-state index contributed by atoms with van der Waals surface area (Å²) in [6, 6.07) is 7.03. The van der Waals surface area contributed by atoms with Gasteiger partial charge >= 0.3 is 0 Å². The zero-order valence-corrected chi connectivity index (χ0v) is 13.0. The highest BCUT2D eigenvalue weighted by Crippen LogP contribution is 2.19. The molecule has 0 heterocycles. The minimum atomic E-state index is -3.34. The number of rotatable bonds is 7. The van der Waals surface area contributed by atoms with Gasteiger partial charge in [0.25, 0.3) is 0 Å². The largest absolute Gasteiger partial charge is 0.497 e. The van der Waals surface area contributed by atoms with E-state index in [0.717, 1.165) is 5.56 Å². The second kappa shape index (κ2) is 7.12. The average Bonchev–Trinajstić information content (AvgIpc) is 2.37. The third-order valence-electron chi connectivity index (χ3n) is 2.72. The molecular formula is C13H20ClNO3S. The Labute approximate surface area is 120 Å². The van der Waals surface area contributed by atoms with Gasteiger partial charge in [0.1, 0.15) is 5.75 Å². The van der Waals surface area contributed by atoms with Crippen LogP contribution in [0.3, 0.4) is 0 Å². The molecule has 1 rings (SSSR count).